The van der Waals surface area contributed by atoms with Crippen LogP contribution in [0.5, 0.6) is 0 Å². The van der Waals surface area contributed by atoms with E-state index < -0.39 is 21.8 Å². The minimum atomic E-state index is -4.58. The molecule has 0 heterocycles. The van der Waals surface area contributed by atoms with Gasteiger partial charge in [-0.3, -0.25) is 0 Å². The first-order valence-electron chi connectivity index (χ1n) is 6.03. The molecule has 8 heteroatoms. The zero-order chi connectivity index (χ0) is 15.6. The Labute approximate surface area is 116 Å². The average Bonchev–Trinajstić information content (AvgIpc) is 2.34. The van der Waals surface area contributed by atoms with Crippen molar-refractivity contribution in [3.05, 3.63) is 29.3 Å². The summed E-state index contributed by atoms with van der Waals surface area (Å²) in [5.41, 5.74) is 4.09. The van der Waals surface area contributed by atoms with E-state index in [1.54, 1.807) is 6.92 Å². The second-order valence-electron chi connectivity index (χ2n) is 4.21. The van der Waals surface area contributed by atoms with Gasteiger partial charge in [-0.1, -0.05) is 13.0 Å². The summed E-state index contributed by atoms with van der Waals surface area (Å²) < 4.78 is 64.2. The van der Waals surface area contributed by atoms with Crippen LogP contribution >= 0.6 is 0 Å². The Bertz CT molecular complexity index is 571. The fourth-order valence-electron chi connectivity index (χ4n) is 1.93. The third-order valence-electron chi connectivity index (χ3n) is 2.94. The van der Waals surface area contributed by atoms with Gasteiger partial charge in [-0.25, -0.2) is 8.42 Å². The van der Waals surface area contributed by atoms with Gasteiger partial charge < -0.3 is 5.73 Å². The first-order valence-corrected chi connectivity index (χ1v) is 7.47. The normalized spacial score (nSPS) is 12.9. The van der Waals surface area contributed by atoms with Crippen molar-refractivity contribution in [2.45, 2.75) is 24.9 Å². The molecule has 0 aliphatic heterocycles. The largest absolute Gasteiger partial charge is 0.416 e. The van der Waals surface area contributed by atoms with E-state index in [0.717, 1.165) is 23.4 Å². The maximum absolute atomic E-state index is 12.8. The van der Waals surface area contributed by atoms with E-state index >= 15 is 0 Å². The van der Waals surface area contributed by atoms with Crippen molar-refractivity contribution in [1.82, 2.24) is 4.31 Å². The van der Waals surface area contributed by atoms with Crippen LogP contribution in [-0.4, -0.2) is 32.4 Å². The maximum atomic E-state index is 12.8. The highest BCUT2D eigenvalue weighted by atomic mass is 32.2. The van der Waals surface area contributed by atoms with Crippen molar-refractivity contribution >= 4 is 10.0 Å². The molecule has 0 aliphatic carbocycles. The molecule has 1 aromatic rings. The topological polar surface area (TPSA) is 63.4 Å². The smallest absolute Gasteiger partial charge is 0.329 e. The number of hydrogen-bond donors (Lipinski definition) is 1. The fraction of sp³-hybridized carbons (Fsp3) is 0.500. The number of alkyl halides is 3. The average molecular weight is 310 g/mol. The van der Waals surface area contributed by atoms with Crippen LogP contribution in [0.15, 0.2) is 23.1 Å². The van der Waals surface area contributed by atoms with Gasteiger partial charge in [0.2, 0.25) is 10.0 Å². The molecular formula is C12H17F3N2O2S. The molecule has 4 nitrogen and oxygen atoms in total. The molecular weight excluding hydrogens is 293 g/mol. The molecule has 20 heavy (non-hydrogen) atoms. The molecule has 114 valence electrons. The highest BCUT2D eigenvalue weighted by Crippen LogP contribution is 2.34. The number of halogens is 3. The first-order chi connectivity index (χ1) is 9.16. The Hall–Kier alpha value is -1.12. The Morgan fingerprint density at radius 2 is 1.90 bits per heavy atom. The Kier molecular flexibility index (Phi) is 5.17. The van der Waals surface area contributed by atoms with Crippen LogP contribution in [0.1, 0.15) is 18.1 Å². The number of nitrogens with zero attached hydrogens (tertiary/aromatic N) is 1. The lowest BCUT2D eigenvalue weighted by Gasteiger charge is -2.22. The molecule has 0 spiro atoms. The van der Waals surface area contributed by atoms with Gasteiger partial charge in [0, 0.05) is 19.6 Å². The van der Waals surface area contributed by atoms with Crippen molar-refractivity contribution in [3.63, 3.8) is 0 Å². The quantitative estimate of drug-likeness (QED) is 0.904. The maximum Gasteiger partial charge on any atom is 0.416 e. The lowest BCUT2D eigenvalue weighted by Crippen LogP contribution is -2.35. The van der Waals surface area contributed by atoms with Gasteiger partial charge in [-0.2, -0.15) is 17.5 Å². The molecule has 0 bridgehead atoms. The summed E-state index contributed by atoms with van der Waals surface area (Å²) in [7, 11) is -3.97. The monoisotopic (exact) mass is 310 g/mol. The summed E-state index contributed by atoms with van der Waals surface area (Å²) in [5.74, 6) is 0. The van der Waals surface area contributed by atoms with E-state index in [4.69, 9.17) is 5.73 Å². The molecule has 0 aromatic heterocycles. The van der Waals surface area contributed by atoms with Crippen molar-refractivity contribution in [1.29, 1.82) is 0 Å². The lowest BCUT2D eigenvalue weighted by molar-refractivity contribution is -0.138. The van der Waals surface area contributed by atoms with Gasteiger partial charge in [-0.05, 0) is 24.6 Å². The molecule has 0 fully saturated rings. The summed E-state index contributed by atoms with van der Waals surface area (Å²) in [4.78, 5) is -0.331. The minimum Gasteiger partial charge on any atom is -0.329 e. The third-order valence-corrected chi connectivity index (χ3v) is 5.06. The molecule has 0 amide bonds. The second kappa shape index (κ2) is 6.11. The zero-order valence-electron chi connectivity index (χ0n) is 11.2. The summed E-state index contributed by atoms with van der Waals surface area (Å²) in [6.45, 7) is 3.08. The van der Waals surface area contributed by atoms with E-state index in [0.29, 0.717) is 0 Å². The third kappa shape index (κ3) is 3.31. The van der Waals surface area contributed by atoms with E-state index in [1.165, 1.54) is 6.07 Å². The molecule has 0 aliphatic rings. The Balaban J connectivity index is 3.40. The summed E-state index contributed by atoms with van der Waals surface area (Å²) in [5, 5.41) is 0. The summed E-state index contributed by atoms with van der Waals surface area (Å²) in [6, 6.07) is 3.14. The van der Waals surface area contributed by atoms with Crippen molar-refractivity contribution < 1.29 is 21.6 Å². The van der Waals surface area contributed by atoms with Crippen LogP contribution in [0.25, 0.3) is 0 Å². The Morgan fingerprint density at radius 1 is 1.30 bits per heavy atom. The molecule has 0 atom stereocenters. The van der Waals surface area contributed by atoms with Gasteiger partial charge in [0.05, 0.1) is 10.5 Å². The van der Waals surface area contributed by atoms with Crippen LogP contribution in [-0.2, 0) is 16.2 Å². The molecule has 0 unspecified atom stereocenters. The zero-order valence-corrected chi connectivity index (χ0v) is 12.1. The van der Waals surface area contributed by atoms with E-state index in [1.807, 2.05) is 0 Å². The predicted octanol–water partition coefficient (Wildman–Crippen LogP) is 1.98. The predicted molar refractivity (Wildman–Crippen MR) is 69.7 cm³/mol. The number of benzene rings is 1. The highest BCUT2D eigenvalue weighted by Gasteiger charge is 2.35. The van der Waals surface area contributed by atoms with E-state index in [2.05, 4.69) is 0 Å². The molecule has 0 saturated carbocycles. The summed E-state index contributed by atoms with van der Waals surface area (Å²) in [6.07, 6.45) is -4.58. The van der Waals surface area contributed by atoms with Gasteiger partial charge in [0.25, 0.3) is 0 Å². The summed E-state index contributed by atoms with van der Waals surface area (Å²) >= 11 is 0. The van der Waals surface area contributed by atoms with Crippen LogP contribution in [0.4, 0.5) is 13.2 Å². The minimum absolute atomic E-state index is 0.0640. The SMILES string of the molecule is CCN(CCN)S(=O)(=O)c1cccc(C(F)(F)F)c1C. The van der Waals surface area contributed by atoms with Crippen LogP contribution in [0.2, 0.25) is 0 Å². The second-order valence-corrected chi connectivity index (χ2v) is 6.12. The number of sulfonamides is 1. The van der Waals surface area contributed by atoms with Crippen LogP contribution < -0.4 is 5.73 Å². The van der Waals surface area contributed by atoms with Crippen molar-refractivity contribution in [2.75, 3.05) is 19.6 Å². The van der Waals surface area contributed by atoms with Gasteiger partial charge in [0.1, 0.15) is 0 Å². The fourth-order valence-corrected chi connectivity index (χ4v) is 3.64. The van der Waals surface area contributed by atoms with Crippen molar-refractivity contribution in [3.8, 4) is 0 Å². The number of rotatable bonds is 5. The number of likely N-dealkylation sites (N-methyl/N-ethyl adjacent to an activating group) is 1. The van der Waals surface area contributed by atoms with Crippen molar-refractivity contribution in [2.24, 2.45) is 5.73 Å². The van der Waals surface area contributed by atoms with Gasteiger partial charge in [0.15, 0.2) is 0 Å². The number of hydrogen-bond acceptors (Lipinski definition) is 3. The van der Waals surface area contributed by atoms with E-state index in [-0.39, 0.29) is 30.1 Å². The number of nitrogens with two attached hydrogens (primary N) is 1. The highest BCUT2D eigenvalue weighted by molar-refractivity contribution is 7.89. The molecule has 2 N–H and O–H groups in total. The van der Waals surface area contributed by atoms with Crippen LogP contribution in [0.3, 0.4) is 0 Å². The molecule has 0 radical (unpaired) electrons. The Morgan fingerprint density at radius 3 is 2.35 bits per heavy atom. The van der Waals surface area contributed by atoms with Crippen LogP contribution in [0, 0.1) is 6.92 Å². The molecule has 0 saturated heterocycles. The van der Waals surface area contributed by atoms with Gasteiger partial charge in [-0.15, -0.1) is 0 Å². The standard InChI is InChI=1S/C12H17F3N2O2S/c1-3-17(8-7-16)20(18,19)11-6-4-5-10(9(11)2)12(13,14)15/h4-6H,3,7-8,16H2,1-2H3. The van der Waals surface area contributed by atoms with E-state index in [9.17, 15) is 21.6 Å². The first kappa shape index (κ1) is 16.9. The lowest BCUT2D eigenvalue weighted by atomic mass is 10.1. The molecule has 1 rings (SSSR count). The van der Waals surface area contributed by atoms with Gasteiger partial charge >= 0.3 is 6.18 Å². The molecule has 1 aromatic carbocycles.